The highest BCUT2D eigenvalue weighted by molar-refractivity contribution is 5.85. The predicted molar refractivity (Wildman–Crippen MR) is 70.3 cm³/mol. The number of carbonyl (C=O) groups is 1. The van der Waals surface area contributed by atoms with Crippen molar-refractivity contribution in [1.29, 1.82) is 0 Å². The molecule has 98 valence electrons. The molecular weight excluding hydrogens is 228 g/mol. The minimum atomic E-state index is -0.309. The van der Waals surface area contributed by atoms with Crippen LogP contribution in [0.5, 0.6) is 5.75 Å². The van der Waals surface area contributed by atoms with Crippen molar-refractivity contribution in [3.63, 3.8) is 0 Å². The molecule has 1 amide bonds. The van der Waals surface area contributed by atoms with Crippen molar-refractivity contribution < 1.29 is 9.53 Å². The van der Waals surface area contributed by atoms with E-state index >= 15 is 0 Å². The van der Waals surface area contributed by atoms with Gasteiger partial charge in [-0.2, -0.15) is 0 Å². The van der Waals surface area contributed by atoms with Crippen molar-refractivity contribution in [3.05, 3.63) is 29.8 Å². The Morgan fingerprint density at radius 3 is 2.72 bits per heavy atom. The van der Waals surface area contributed by atoms with Gasteiger partial charge in [-0.1, -0.05) is 18.2 Å². The van der Waals surface area contributed by atoms with E-state index in [1.54, 1.807) is 7.11 Å². The molecular formula is C14H20N2O2. The minimum absolute atomic E-state index is 0.0587. The van der Waals surface area contributed by atoms with Gasteiger partial charge in [0.05, 0.1) is 18.6 Å². The number of carbonyl (C=O) groups excluding carboxylic acids is 1. The third-order valence-corrected chi connectivity index (χ3v) is 3.68. The van der Waals surface area contributed by atoms with Crippen molar-refractivity contribution in [2.75, 3.05) is 13.7 Å². The van der Waals surface area contributed by atoms with Crippen molar-refractivity contribution in [3.8, 4) is 5.75 Å². The minimum Gasteiger partial charge on any atom is -0.496 e. The van der Waals surface area contributed by atoms with Crippen LogP contribution in [-0.4, -0.2) is 19.6 Å². The molecule has 2 rings (SSSR count). The molecule has 1 atom stereocenters. The Bertz CT molecular complexity index is 441. The average Bonchev–Trinajstić information content (AvgIpc) is 3.19. The highest BCUT2D eigenvalue weighted by Gasteiger charge is 2.48. The molecule has 3 N–H and O–H groups in total. The maximum atomic E-state index is 12.1. The number of benzene rings is 1. The summed E-state index contributed by atoms with van der Waals surface area (Å²) in [6.07, 6.45) is 1.79. The molecule has 0 aromatic heterocycles. The number of nitrogens with one attached hydrogen (secondary N) is 1. The number of para-hydroxylation sites is 1. The van der Waals surface area contributed by atoms with E-state index in [-0.39, 0.29) is 17.4 Å². The molecule has 0 bridgehead atoms. The van der Waals surface area contributed by atoms with E-state index in [4.69, 9.17) is 10.5 Å². The van der Waals surface area contributed by atoms with E-state index in [0.717, 1.165) is 24.2 Å². The van der Waals surface area contributed by atoms with Crippen LogP contribution in [0.1, 0.15) is 31.4 Å². The first-order valence-electron chi connectivity index (χ1n) is 6.27. The van der Waals surface area contributed by atoms with Crippen LogP contribution in [0, 0.1) is 5.41 Å². The third-order valence-electron chi connectivity index (χ3n) is 3.68. The highest BCUT2D eigenvalue weighted by atomic mass is 16.5. The molecule has 1 fully saturated rings. The Hall–Kier alpha value is -1.55. The molecule has 4 nitrogen and oxygen atoms in total. The molecule has 0 saturated heterocycles. The lowest BCUT2D eigenvalue weighted by Crippen LogP contribution is -2.38. The highest BCUT2D eigenvalue weighted by Crippen LogP contribution is 2.45. The van der Waals surface area contributed by atoms with Crippen LogP contribution in [0.25, 0.3) is 0 Å². The van der Waals surface area contributed by atoms with Crippen LogP contribution in [-0.2, 0) is 4.79 Å². The summed E-state index contributed by atoms with van der Waals surface area (Å²) in [4.78, 5) is 12.1. The fourth-order valence-corrected chi connectivity index (χ4v) is 2.13. The van der Waals surface area contributed by atoms with E-state index in [2.05, 4.69) is 5.32 Å². The van der Waals surface area contributed by atoms with Crippen LogP contribution in [0.15, 0.2) is 24.3 Å². The van der Waals surface area contributed by atoms with E-state index in [0.29, 0.717) is 6.54 Å². The normalized spacial score (nSPS) is 17.9. The summed E-state index contributed by atoms with van der Waals surface area (Å²) < 4.78 is 5.30. The Labute approximate surface area is 108 Å². The molecule has 4 heteroatoms. The molecule has 0 unspecified atom stereocenters. The first kappa shape index (κ1) is 12.9. The summed E-state index contributed by atoms with van der Waals surface area (Å²) in [7, 11) is 1.63. The van der Waals surface area contributed by atoms with Gasteiger partial charge in [0, 0.05) is 12.1 Å². The van der Waals surface area contributed by atoms with Crippen molar-refractivity contribution in [2.24, 2.45) is 11.1 Å². The van der Waals surface area contributed by atoms with Crippen LogP contribution < -0.4 is 15.8 Å². The second-order valence-electron chi connectivity index (χ2n) is 4.92. The number of nitrogens with two attached hydrogens (primary N) is 1. The zero-order chi connectivity index (χ0) is 13.2. The van der Waals surface area contributed by atoms with Gasteiger partial charge in [0.25, 0.3) is 0 Å². The van der Waals surface area contributed by atoms with Gasteiger partial charge >= 0.3 is 0 Å². The standard InChI is InChI=1S/C14H20N2O2/c1-10(11-5-3-4-6-12(11)18-2)16-13(17)14(9-15)7-8-14/h3-6,10H,7-9,15H2,1-2H3,(H,16,17)/t10-/m0/s1. The summed E-state index contributed by atoms with van der Waals surface area (Å²) >= 11 is 0. The Balaban J connectivity index is 2.08. The van der Waals surface area contributed by atoms with E-state index in [1.807, 2.05) is 31.2 Å². The van der Waals surface area contributed by atoms with E-state index in [1.165, 1.54) is 0 Å². The molecule has 0 radical (unpaired) electrons. The lowest BCUT2D eigenvalue weighted by molar-refractivity contribution is -0.126. The van der Waals surface area contributed by atoms with Gasteiger partial charge < -0.3 is 15.8 Å². The van der Waals surface area contributed by atoms with Crippen LogP contribution in [0.2, 0.25) is 0 Å². The van der Waals surface area contributed by atoms with Crippen molar-refractivity contribution in [1.82, 2.24) is 5.32 Å². The number of rotatable bonds is 5. The number of ether oxygens (including phenoxy) is 1. The van der Waals surface area contributed by atoms with Crippen LogP contribution in [0.4, 0.5) is 0 Å². The van der Waals surface area contributed by atoms with Crippen molar-refractivity contribution in [2.45, 2.75) is 25.8 Å². The second-order valence-corrected chi connectivity index (χ2v) is 4.92. The molecule has 0 aliphatic heterocycles. The first-order chi connectivity index (χ1) is 8.63. The van der Waals surface area contributed by atoms with E-state index in [9.17, 15) is 4.79 Å². The van der Waals surface area contributed by atoms with Gasteiger partial charge in [-0.3, -0.25) is 4.79 Å². The molecule has 1 aromatic carbocycles. The molecule has 1 aliphatic carbocycles. The summed E-state index contributed by atoms with van der Waals surface area (Å²) in [5.41, 5.74) is 6.33. The van der Waals surface area contributed by atoms with Gasteiger partial charge in [-0.15, -0.1) is 0 Å². The number of methoxy groups -OCH3 is 1. The van der Waals surface area contributed by atoms with Gasteiger partial charge in [0.2, 0.25) is 5.91 Å². The molecule has 18 heavy (non-hydrogen) atoms. The summed E-state index contributed by atoms with van der Waals surface area (Å²) in [5, 5.41) is 3.03. The Morgan fingerprint density at radius 1 is 1.50 bits per heavy atom. The molecule has 1 aromatic rings. The number of hydrogen-bond acceptors (Lipinski definition) is 3. The largest absolute Gasteiger partial charge is 0.496 e. The third kappa shape index (κ3) is 2.34. The molecule has 1 aliphatic rings. The van der Waals surface area contributed by atoms with Crippen LogP contribution >= 0.6 is 0 Å². The van der Waals surface area contributed by atoms with Gasteiger partial charge in [-0.05, 0) is 25.8 Å². The molecule has 0 heterocycles. The number of hydrogen-bond donors (Lipinski definition) is 2. The summed E-state index contributed by atoms with van der Waals surface area (Å²) in [6, 6.07) is 7.65. The fraction of sp³-hybridized carbons (Fsp3) is 0.500. The zero-order valence-electron chi connectivity index (χ0n) is 10.9. The van der Waals surface area contributed by atoms with Crippen molar-refractivity contribution >= 4 is 5.91 Å². The lowest BCUT2D eigenvalue weighted by Gasteiger charge is -2.20. The second kappa shape index (κ2) is 4.98. The summed E-state index contributed by atoms with van der Waals surface area (Å²) in [5.74, 6) is 0.853. The van der Waals surface area contributed by atoms with Gasteiger partial charge in [0.15, 0.2) is 0 Å². The zero-order valence-corrected chi connectivity index (χ0v) is 10.9. The monoisotopic (exact) mass is 248 g/mol. The van der Waals surface area contributed by atoms with Gasteiger partial charge in [0.1, 0.15) is 5.75 Å². The predicted octanol–water partition coefficient (Wildman–Crippen LogP) is 1.61. The molecule has 0 spiro atoms. The SMILES string of the molecule is COc1ccccc1[C@H](C)NC(=O)C1(CN)CC1. The Morgan fingerprint density at radius 2 is 2.17 bits per heavy atom. The van der Waals surface area contributed by atoms with Gasteiger partial charge in [-0.25, -0.2) is 0 Å². The maximum absolute atomic E-state index is 12.1. The quantitative estimate of drug-likeness (QED) is 0.832. The van der Waals surface area contributed by atoms with Crippen LogP contribution in [0.3, 0.4) is 0 Å². The first-order valence-corrected chi connectivity index (χ1v) is 6.27. The smallest absolute Gasteiger partial charge is 0.227 e. The van der Waals surface area contributed by atoms with E-state index < -0.39 is 0 Å². The topological polar surface area (TPSA) is 64.3 Å². The maximum Gasteiger partial charge on any atom is 0.227 e. The Kier molecular flexibility index (Phi) is 3.57. The average molecular weight is 248 g/mol. The number of amides is 1. The fourth-order valence-electron chi connectivity index (χ4n) is 2.13. The lowest BCUT2D eigenvalue weighted by atomic mass is 10.0. The summed E-state index contributed by atoms with van der Waals surface area (Å²) in [6.45, 7) is 2.39. The molecule has 1 saturated carbocycles.